The zero-order valence-electron chi connectivity index (χ0n) is 18.0. The van der Waals surface area contributed by atoms with Crippen molar-refractivity contribution in [3.63, 3.8) is 0 Å². The van der Waals surface area contributed by atoms with Gasteiger partial charge in [-0.15, -0.1) is 0 Å². The third kappa shape index (κ3) is 3.78. The summed E-state index contributed by atoms with van der Waals surface area (Å²) in [6.45, 7) is 0. The van der Waals surface area contributed by atoms with Gasteiger partial charge in [0.1, 0.15) is 11.5 Å². The zero-order chi connectivity index (χ0) is 21.2. The summed E-state index contributed by atoms with van der Waals surface area (Å²) < 4.78 is 17.3. The number of benzene rings is 3. The summed E-state index contributed by atoms with van der Waals surface area (Å²) in [6, 6.07) is 22.6. The van der Waals surface area contributed by atoms with Crippen LogP contribution in [0.1, 0.15) is 48.3 Å². The summed E-state index contributed by atoms with van der Waals surface area (Å²) in [5.74, 6) is 3.59. The molecule has 1 aliphatic carbocycles. The van der Waals surface area contributed by atoms with Crippen LogP contribution in [-0.4, -0.2) is 26.0 Å². The van der Waals surface area contributed by atoms with Crippen molar-refractivity contribution in [2.24, 2.45) is 4.99 Å². The molecule has 3 aromatic rings. The summed E-state index contributed by atoms with van der Waals surface area (Å²) >= 11 is 0. The van der Waals surface area contributed by atoms with Crippen LogP contribution in [0.3, 0.4) is 0 Å². The molecule has 2 atom stereocenters. The molecule has 0 radical (unpaired) electrons. The molecule has 0 aromatic heterocycles. The average Bonchev–Trinajstić information content (AvgIpc) is 2.83. The molecule has 0 saturated heterocycles. The smallest absolute Gasteiger partial charge is 0.161 e. The first-order valence-electron chi connectivity index (χ1n) is 10.9. The van der Waals surface area contributed by atoms with E-state index in [0.29, 0.717) is 12.0 Å². The second-order valence-corrected chi connectivity index (χ2v) is 8.17. The molecule has 4 heteroatoms. The molecule has 4 nitrogen and oxygen atoms in total. The molecule has 5 rings (SSSR count). The molecule has 31 heavy (non-hydrogen) atoms. The molecule has 0 spiro atoms. The molecule has 1 heterocycles. The predicted octanol–water partition coefficient (Wildman–Crippen LogP) is 6.37. The molecule has 0 unspecified atom stereocenters. The van der Waals surface area contributed by atoms with Crippen LogP contribution in [0.4, 0.5) is 0 Å². The van der Waals surface area contributed by atoms with Gasteiger partial charge in [0.25, 0.3) is 0 Å². The van der Waals surface area contributed by atoms with Crippen LogP contribution >= 0.6 is 0 Å². The fourth-order valence-corrected chi connectivity index (χ4v) is 4.83. The van der Waals surface area contributed by atoms with E-state index in [0.717, 1.165) is 46.3 Å². The minimum absolute atomic E-state index is 0.313. The maximum absolute atomic E-state index is 6.09. The summed E-state index contributed by atoms with van der Waals surface area (Å²) in [5, 5.41) is 0. The highest BCUT2D eigenvalue weighted by atomic mass is 16.5. The number of ether oxygens (including phenoxy) is 3. The fourth-order valence-electron chi connectivity index (χ4n) is 4.83. The van der Waals surface area contributed by atoms with Gasteiger partial charge in [0.05, 0.1) is 26.0 Å². The van der Waals surface area contributed by atoms with Gasteiger partial charge in [-0.1, -0.05) is 43.2 Å². The Morgan fingerprint density at radius 2 is 1.52 bits per heavy atom. The lowest BCUT2D eigenvalue weighted by atomic mass is 9.75. The molecule has 1 saturated carbocycles. The second-order valence-electron chi connectivity index (χ2n) is 8.17. The van der Waals surface area contributed by atoms with Crippen molar-refractivity contribution in [1.29, 1.82) is 0 Å². The molecule has 0 bridgehead atoms. The fraction of sp³-hybridized carbons (Fsp3) is 0.296. The quantitative estimate of drug-likeness (QED) is 0.488. The van der Waals surface area contributed by atoms with Crippen LogP contribution < -0.4 is 14.2 Å². The lowest BCUT2D eigenvalue weighted by molar-refractivity contribution is 0.349. The summed E-state index contributed by atoms with van der Waals surface area (Å²) in [5.41, 5.74) is 4.53. The topological polar surface area (TPSA) is 40.0 Å². The number of hydrogen-bond donors (Lipinski definition) is 0. The Labute approximate surface area is 183 Å². The first-order valence-corrected chi connectivity index (χ1v) is 10.9. The van der Waals surface area contributed by atoms with E-state index < -0.39 is 0 Å². The van der Waals surface area contributed by atoms with E-state index >= 15 is 0 Å². The van der Waals surface area contributed by atoms with Gasteiger partial charge in [0.15, 0.2) is 11.5 Å². The number of methoxy groups -OCH3 is 2. The van der Waals surface area contributed by atoms with E-state index in [1.165, 1.54) is 24.8 Å². The highest BCUT2D eigenvalue weighted by molar-refractivity contribution is 6.15. The van der Waals surface area contributed by atoms with Crippen LogP contribution in [0.25, 0.3) is 0 Å². The summed E-state index contributed by atoms with van der Waals surface area (Å²) in [7, 11) is 3.38. The van der Waals surface area contributed by atoms with Crippen LogP contribution in [-0.2, 0) is 0 Å². The number of rotatable bonds is 5. The van der Waals surface area contributed by atoms with Gasteiger partial charge in [0, 0.05) is 17.0 Å². The Kier molecular flexibility index (Phi) is 5.37. The van der Waals surface area contributed by atoms with Crippen molar-refractivity contribution < 1.29 is 14.2 Å². The molecular formula is C27H27NO3. The lowest BCUT2D eigenvalue weighted by Crippen LogP contribution is -2.29. The number of hydrogen-bond acceptors (Lipinski definition) is 4. The van der Waals surface area contributed by atoms with Gasteiger partial charge < -0.3 is 14.2 Å². The molecular weight excluding hydrogens is 386 g/mol. The van der Waals surface area contributed by atoms with Crippen molar-refractivity contribution >= 4 is 5.71 Å². The number of para-hydroxylation sites is 1. The highest BCUT2D eigenvalue weighted by Gasteiger charge is 2.34. The Bertz CT molecular complexity index is 1110. The maximum atomic E-state index is 6.09. The predicted molar refractivity (Wildman–Crippen MR) is 123 cm³/mol. The highest BCUT2D eigenvalue weighted by Crippen LogP contribution is 2.45. The zero-order valence-corrected chi connectivity index (χ0v) is 18.0. The number of aliphatic imine (C=N–C) groups is 1. The van der Waals surface area contributed by atoms with E-state index in [2.05, 4.69) is 24.3 Å². The third-order valence-corrected chi connectivity index (χ3v) is 6.32. The number of fused-ring (bicyclic) bond motifs is 3. The summed E-state index contributed by atoms with van der Waals surface area (Å²) in [4.78, 5) is 5.26. The van der Waals surface area contributed by atoms with Gasteiger partial charge in [-0.3, -0.25) is 4.99 Å². The van der Waals surface area contributed by atoms with Gasteiger partial charge in [-0.2, -0.15) is 0 Å². The monoisotopic (exact) mass is 413 g/mol. The lowest BCUT2D eigenvalue weighted by Gasteiger charge is -2.35. The van der Waals surface area contributed by atoms with Crippen LogP contribution in [0.2, 0.25) is 0 Å². The van der Waals surface area contributed by atoms with Crippen LogP contribution in [0.15, 0.2) is 71.7 Å². The van der Waals surface area contributed by atoms with Crippen molar-refractivity contribution in [2.75, 3.05) is 14.2 Å². The largest absolute Gasteiger partial charge is 0.493 e. The Morgan fingerprint density at radius 1 is 0.774 bits per heavy atom. The molecule has 0 N–H and O–H groups in total. The van der Waals surface area contributed by atoms with Crippen molar-refractivity contribution in [3.05, 3.63) is 83.4 Å². The Hall–Kier alpha value is -3.27. The van der Waals surface area contributed by atoms with Crippen molar-refractivity contribution in [2.45, 2.75) is 37.6 Å². The first-order chi connectivity index (χ1) is 15.3. The standard InChI is InChI=1S/C27H27NO3/c1-29-25-16-22-21-13-6-7-14-24(21)28-27(23(22)17-26(25)30-2)18-9-8-12-20(15-18)31-19-10-4-3-5-11-19/h3-5,8-12,15-17,21,24H,6-7,13-14H2,1-2H3/t21-,24-/m0/s1. The van der Waals surface area contributed by atoms with E-state index in [9.17, 15) is 0 Å². The molecule has 1 aliphatic heterocycles. The molecule has 2 aliphatic rings. The minimum Gasteiger partial charge on any atom is -0.493 e. The van der Waals surface area contributed by atoms with Crippen LogP contribution in [0, 0.1) is 0 Å². The van der Waals surface area contributed by atoms with Gasteiger partial charge >= 0.3 is 0 Å². The Balaban J connectivity index is 1.59. The van der Waals surface area contributed by atoms with Gasteiger partial charge in [0.2, 0.25) is 0 Å². The third-order valence-electron chi connectivity index (χ3n) is 6.32. The van der Waals surface area contributed by atoms with E-state index in [1.54, 1.807) is 14.2 Å². The first kappa shape index (κ1) is 19.7. The number of nitrogens with zero attached hydrogens (tertiary/aromatic N) is 1. The average molecular weight is 414 g/mol. The van der Waals surface area contributed by atoms with Crippen molar-refractivity contribution in [1.82, 2.24) is 0 Å². The Morgan fingerprint density at radius 3 is 2.32 bits per heavy atom. The molecule has 1 fully saturated rings. The SMILES string of the molecule is COc1cc2c(cc1OC)[C@@H]1CCCC[C@@H]1N=C2c1cccc(Oc2ccccc2)c1. The van der Waals surface area contributed by atoms with Crippen molar-refractivity contribution in [3.8, 4) is 23.0 Å². The van der Waals surface area contributed by atoms with E-state index in [-0.39, 0.29) is 0 Å². The summed E-state index contributed by atoms with van der Waals surface area (Å²) in [6.07, 6.45) is 4.78. The van der Waals surface area contributed by atoms with E-state index in [4.69, 9.17) is 19.2 Å². The van der Waals surface area contributed by atoms with Gasteiger partial charge in [-0.05, 0) is 54.8 Å². The minimum atomic E-state index is 0.313. The van der Waals surface area contributed by atoms with E-state index in [1.807, 2.05) is 42.5 Å². The van der Waals surface area contributed by atoms with Gasteiger partial charge in [-0.25, -0.2) is 0 Å². The van der Waals surface area contributed by atoms with Crippen LogP contribution in [0.5, 0.6) is 23.0 Å². The molecule has 158 valence electrons. The normalized spacial score (nSPS) is 19.6. The molecule has 0 amide bonds. The second kappa shape index (κ2) is 8.46. The molecule has 3 aromatic carbocycles. The maximum Gasteiger partial charge on any atom is 0.161 e.